The summed E-state index contributed by atoms with van der Waals surface area (Å²) in [5.74, 6) is -0.893. The number of carboxylic acids is 1. The number of carbonyl (C=O) groups is 1. The minimum absolute atomic E-state index is 0.122. The molecule has 0 atom stereocenters. The van der Waals surface area contributed by atoms with Crippen LogP contribution in [0.3, 0.4) is 0 Å². The molecular formula is C19H24ClNO2. The van der Waals surface area contributed by atoms with Crippen LogP contribution in [0.25, 0.3) is 11.3 Å². The van der Waals surface area contributed by atoms with Gasteiger partial charge in [0.25, 0.3) is 0 Å². The molecule has 0 radical (unpaired) electrons. The maximum absolute atomic E-state index is 11.8. The van der Waals surface area contributed by atoms with Crippen molar-refractivity contribution in [3.8, 4) is 11.3 Å². The molecule has 0 aliphatic carbocycles. The fourth-order valence-electron chi connectivity index (χ4n) is 2.80. The molecule has 23 heavy (non-hydrogen) atoms. The lowest BCUT2D eigenvalue weighted by Crippen LogP contribution is -2.18. The van der Waals surface area contributed by atoms with Crippen LogP contribution < -0.4 is 0 Å². The molecule has 0 saturated carbocycles. The van der Waals surface area contributed by atoms with Crippen molar-refractivity contribution in [2.24, 2.45) is 0 Å². The number of aromatic carboxylic acids is 1. The Morgan fingerprint density at radius 2 is 1.83 bits per heavy atom. The van der Waals surface area contributed by atoms with Crippen LogP contribution >= 0.6 is 11.6 Å². The van der Waals surface area contributed by atoms with E-state index >= 15 is 0 Å². The van der Waals surface area contributed by atoms with Crippen LogP contribution in [-0.4, -0.2) is 15.6 Å². The maximum atomic E-state index is 11.8. The van der Waals surface area contributed by atoms with Gasteiger partial charge in [0.15, 0.2) is 0 Å². The van der Waals surface area contributed by atoms with Crippen LogP contribution in [0, 0.1) is 0 Å². The summed E-state index contributed by atoms with van der Waals surface area (Å²) in [5.41, 5.74) is 2.94. The van der Waals surface area contributed by atoms with Crippen molar-refractivity contribution < 1.29 is 9.90 Å². The number of hydrogen-bond donors (Lipinski definition) is 1. The highest BCUT2D eigenvalue weighted by molar-refractivity contribution is 6.30. The number of benzene rings is 1. The van der Waals surface area contributed by atoms with Crippen molar-refractivity contribution in [1.29, 1.82) is 0 Å². The Morgan fingerprint density at radius 3 is 2.30 bits per heavy atom. The van der Waals surface area contributed by atoms with E-state index in [1.807, 2.05) is 18.2 Å². The molecule has 3 nitrogen and oxygen atoms in total. The predicted molar refractivity (Wildman–Crippen MR) is 95.4 cm³/mol. The van der Waals surface area contributed by atoms with E-state index in [2.05, 4.69) is 32.3 Å². The zero-order valence-corrected chi connectivity index (χ0v) is 14.9. The highest BCUT2D eigenvalue weighted by Gasteiger charge is 2.27. The van der Waals surface area contributed by atoms with E-state index in [0.29, 0.717) is 10.6 Å². The fraction of sp³-hybridized carbons (Fsp3) is 0.421. The van der Waals surface area contributed by atoms with Crippen molar-refractivity contribution >= 4 is 17.6 Å². The van der Waals surface area contributed by atoms with Crippen molar-refractivity contribution in [2.75, 3.05) is 0 Å². The highest BCUT2D eigenvalue weighted by Crippen LogP contribution is 2.34. The Hall–Kier alpha value is -1.74. The van der Waals surface area contributed by atoms with Gasteiger partial charge in [-0.15, -0.1) is 0 Å². The van der Waals surface area contributed by atoms with Gasteiger partial charge in [-0.3, -0.25) is 0 Å². The molecule has 2 rings (SSSR count). The third-order valence-corrected chi connectivity index (χ3v) is 4.20. The van der Waals surface area contributed by atoms with Gasteiger partial charge in [0.2, 0.25) is 0 Å². The lowest BCUT2D eigenvalue weighted by atomic mass is 9.92. The van der Waals surface area contributed by atoms with Gasteiger partial charge in [-0.1, -0.05) is 57.8 Å². The molecule has 0 fully saturated rings. The molecule has 0 aliphatic rings. The van der Waals surface area contributed by atoms with Crippen molar-refractivity contribution in [3.63, 3.8) is 0 Å². The van der Waals surface area contributed by atoms with Crippen LogP contribution in [0.2, 0.25) is 5.02 Å². The van der Waals surface area contributed by atoms with Crippen LogP contribution in [0.1, 0.15) is 56.6 Å². The molecular weight excluding hydrogens is 310 g/mol. The maximum Gasteiger partial charge on any atom is 0.337 e. The molecule has 4 heteroatoms. The molecule has 0 spiro atoms. The monoisotopic (exact) mass is 333 g/mol. The lowest BCUT2D eigenvalue weighted by molar-refractivity contribution is 0.0697. The van der Waals surface area contributed by atoms with Gasteiger partial charge in [0.1, 0.15) is 0 Å². The highest BCUT2D eigenvalue weighted by atomic mass is 35.5. The van der Waals surface area contributed by atoms with Crippen molar-refractivity contribution in [1.82, 2.24) is 4.57 Å². The number of nitrogens with zero attached hydrogens (tertiary/aromatic N) is 1. The summed E-state index contributed by atoms with van der Waals surface area (Å²) < 4.78 is 2.16. The number of rotatable bonds is 5. The predicted octanol–water partition coefficient (Wildman–Crippen LogP) is 5.60. The second-order valence-corrected chi connectivity index (χ2v) is 7.30. The van der Waals surface area contributed by atoms with E-state index in [-0.39, 0.29) is 5.41 Å². The molecule has 1 N–H and O–H groups in total. The second kappa shape index (κ2) is 6.79. The third kappa shape index (κ3) is 3.78. The first-order valence-corrected chi connectivity index (χ1v) is 8.36. The molecule has 0 saturated heterocycles. The zero-order valence-electron chi connectivity index (χ0n) is 14.2. The van der Waals surface area contributed by atoms with Crippen LogP contribution in [0.15, 0.2) is 30.3 Å². The van der Waals surface area contributed by atoms with E-state index in [9.17, 15) is 9.90 Å². The summed E-state index contributed by atoms with van der Waals surface area (Å²) >= 11 is 5.98. The summed E-state index contributed by atoms with van der Waals surface area (Å²) in [7, 11) is 0. The van der Waals surface area contributed by atoms with Crippen LogP contribution in [0.5, 0.6) is 0 Å². The van der Waals surface area contributed by atoms with Crippen molar-refractivity contribution in [2.45, 2.75) is 52.5 Å². The molecule has 1 aromatic carbocycles. The van der Waals surface area contributed by atoms with Gasteiger partial charge in [0, 0.05) is 22.7 Å². The molecule has 1 heterocycles. The van der Waals surface area contributed by atoms with Crippen molar-refractivity contribution in [3.05, 3.63) is 46.6 Å². The van der Waals surface area contributed by atoms with Gasteiger partial charge < -0.3 is 9.67 Å². The first-order valence-electron chi connectivity index (χ1n) is 7.99. The molecule has 0 bridgehead atoms. The SMILES string of the molecule is CCCCn1c(C(C)(C)C)cc(C(=O)O)c1-c1ccc(Cl)cc1. The number of aromatic nitrogens is 1. The Morgan fingerprint density at radius 1 is 1.22 bits per heavy atom. The van der Waals surface area contributed by atoms with E-state index < -0.39 is 5.97 Å². The van der Waals surface area contributed by atoms with Gasteiger partial charge in [-0.25, -0.2) is 4.79 Å². The van der Waals surface area contributed by atoms with E-state index in [0.717, 1.165) is 36.3 Å². The van der Waals surface area contributed by atoms with Gasteiger partial charge in [-0.2, -0.15) is 0 Å². The summed E-state index contributed by atoms with van der Waals surface area (Å²) in [6.07, 6.45) is 2.07. The van der Waals surface area contributed by atoms with E-state index in [4.69, 9.17) is 11.6 Å². The fourth-order valence-corrected chi connectivity index (χ4v) is 2.93. The first kappa shape index (κ1) is 17.6. The molecule has 2 aromatic rings. The lowest BCUT2D eigenvalue weighted by Gasteiger charge is -2.23. The largest absolute Gasteiger partial charge is 0.478 e. The standard InChI is InChI=1S/C19H24ClNO2/c1-5-6-11-21-16(19(2,3)4)12-15(18(22)23)17(21)13-7-9-14(20)10-8-13/h7-10,12H,5-6,11H2,1-4H3,(H,22,23). The first-order chi connectivity index (χ1) is 10.8. The van der Waals surface area contributed by atoms with E-state index in [1.165, 1.54) is 0 Å². The average Bonchev–Trinajstić information content (AvgIpc) is 2.85. The quantitative estimate of drug-likeness (QED) is 0.773. The van der Waals surface area contributed by atoms with Gasteiger partial charge in [0.05, 0.1) is 11.3 Å². The summed E-state index contributed by atoms with van der Waals surface area (Å²) in [4.78, 5) is 11.8. The summed E-state index contributed by atoms with van der Waals surface area (Å²) in [5, 5.41) is 10.3. The van der Waals surface area contributed by atoms with Crippen LogP contribution in [-0.2, 0) is 12.0 Å². The Balaban J connectivity index is 2.72. The smallest absolute Gasteiger partial charge is 0.337 e. The second-order valence-electron chi connectivity index (χ2n) is 6.86. The average molecular weight is 334 g/mol. The number of halogens is 1. The van der Waals surface area contributed by atoms with E-state index in [1.54, 1.807) is 12.1 Å². The molecule has 124 valence electrons. The number of hydrogen-bond acceptors (Lipinski definition) is 1. The zero-order chi connectivity index (χ0) is 17.2. The molecule has 0 aliphatic heterocycles. The molecule has 0 amide bonds. The summed E-state index contributed by atoms with van der Waals surface area (Å²) in [6, 6.07) is 9.20. The minimum atomic E-state index is -0.893. The Labute approximate surface area is 142 Å². The van der Waals surface area contributed by atoms with Gasteiger partial charge >= 0.3 is 5.97 Å². The van der Waals surface area contributed by atoms with Gasteiger partial charge in [-0.05, 0) is 30.2 Å². The number of unbranched alkanes of at least 4 members (excludes halogenated alkanes) is 1. The Kier molecular flexibility index (Phi) is 5.20. The van der Waals surface area contributed by atoms with Crippen LogP contribution in [0.4, 0.5) is 0 Å². The minimum Gasteiger partial charge on any atom is -0.478 e. The topological polar surface area (TPSA) is 42.2 Å². The number of carboxylic acid groups (broad SMARTS) is 1. The molecule has 1 aromatic heterocycles. The third-order valence-electron chi connectivity index (χ3n) is 3.95. The normalized spacial score (nSPS) is 11.7. The molecule has 0 unspecified atom stereocenters. The Bertz CT molecular complexity index is 693. The summed E-state index contributed by atoms with van der Waals surface area (Å²) in [6.45, 7) is 9.29.